The van der Waals surface area contributed by atoms with Crippen molar-refractivity contribution in [2.45, 2.75) is 32.4 Å². The van der Waals surface area contributed by atoms with E-state index in [1.165, 1.54) is 9.80 Å². The molecule has 3 amide bonds. The standard InChI is InChI=1S/C10H16N2O4S/c1-7(2)12-9(13)5-11(10(12)14)8-3-4-17(15,16)6-8/h7-8H,3-6H2,1-2H3. The molecule has 2 rings (SSSR count). The molecule has 1 atom stereocenters. The average Bonchev–Trinajstić information content (AvgIpc) is 2.67. The van der Waals surface area contributed by atoms with Crippen molar-refractivity contribution >= 4 is 21.8 Å². The zero-order valence-electron chi connectivity index (χ0n) is 9.92. The SMILES string of the molecule is CC(C)N1C(=O)CN(C2CCS(=O)(=O)C2)C1=O. The number of rotatable bonds is 2. The highest BCUT2D eigenvalue weighted by Gasteiger charge is 2.44. The highest BCUT2D eigenvalue weighted by atomic mass is 32.2. The van der Waals surface area contributed by atoms with E-state index in [2.05, 4.69) is 0 Å². The molecule has 1 unspecified atom stereocenters. The van der Waals surface area contributed by atoms with Crippen LogP contribution in [0, 0.1) is 0 Å². The first-order chi connectivity index (χ1) is 7.82. The van der Waals surface area contributed by atoms with Gasteiger partial charge in [0.1, 0.15) is 6.54 Å². The summed E-state index contributed by atoms with van der Waals surface area (Å²) in [7, 11) is -3.04. The highest BCUT2D eigenvalue weighted by Crippen LogP contribution is 2.23. The Bertz CT molecular complexity index is 457. The summed E-state index contributed by atoms with van der Waals surface area (Å²) in [4.78, 5) is 26.3. The van der Waals surface area contributed by atoms with Gasteiger partial charge in [-0.3, -0.25) is 9.69 Å². The van der Waals surface area contributed by atoms with Gasteiger partial charge in [0.25, 0.3) is 5.91 Å². The topological polar surface area (TPSA) is 74.8 Å². The molecule has 0 spiro atoms. The summed E-state index contributed by atoms with van der Waals surface area (Å²) >= 11 is 0. The van der Waals surface area contributed by atoms with Crippen molar-refractivity contribution in [3.05, 3.63) is 0 Å². The molecular weight excluding hydrogens is 244 g/mol. The van der Waals surface area contributed by atoms with E-state index < -0.39 is 9.84 Å². The number of nitrogens with zero attached hydrogens (tertiary/aromatic N) is 2. The number of amides is 3. The molecule has 0 aromatic carbocycles. The fraction of sp³-hybridized carbons (Fsp3) is 0.800. The van der Waals surface area contributed by atoms with Gasteiger partial charge in [-0.05, 0) is 20.3 Å². The van der Waals surface area contributed by atoms with E-state index in [0.29, 0.717) is 6.42 Å². The molecule has 6 nitrogen and oxygen atoms in total. The minimum absolute atomic E-state index is 0.0111. The molecule has 0 N–H and O–H groups in total. The molecule has 0 bridgehead atoms. The number of imide groups is 1. The predicted octanol–water partition coefficient (Wildman–Crippen LogP) is -0.154. The number of urea groups is 1. The Morgan fingerprint density at radius 2 is 1.94 bits per heavy atom. The summed E-state index contributed by atoms with van der Waals surface area (Å²) in [6.45, 7) is 3.55. The zero-order chi connectivity index (χ0) is 12.8. The summed E-state index contributed by atoms with van der Waals surface area (Å²) < 4.78 is 22.7. The van der Waals surface area contributed by atoms with E-state index in [-0.39, 0.29) is 42.1 Å². The van der Waals surface area contributed by atoms with Crippen LogP contribution in [0.4, 0.5) is 4.79 Å². The van der Waals surface area contributed by atoms with Crippen molar-refractivity contribution in [2.75, 3.05) is 18.1 Å². The zero-order valence-corrected chi connectivity index (χ0v) is 10.7. The maximum absolute atomic E-state index is 12.0. The number of sulfone groups is 1. The predicted molar refractivity (Wildman–Crippen MR) is 61.1 cm³/mol. The van der Waals surface area contributed by atoms with Crippen LogP contribution in [-0.4, -0.2) is 60.3 Å². The summed E-state index contributed by atoms with van der Waals surface area (Å²) in [6.07, 6.45) is 0.438. The van der Waals surface area contributed by atoms with Crippen molar-refractivity contribution < 1.29 is 18.0 Å². The van der Waals surface area contributed by atoms with Crippen molar-refractivity contribution in [3.8, 4) is 0 Å². The van der Waals surface area contributed by atoms with Gasteiger partial charge in [0.15, 0.2) is 9.84 Å². The maximum Gasteiger partial charge on any atom is 0.327 e. The van der Waals surface area contributed by atoms with Crippen LogP contribution in [-0.2, 0) is 14.6 Å². The van der Waals surface area contributed by atoms with E-state index in [1.54, 1.807) is 13.8 Å². The lowest BCUT2D eigenvalue weighted by Crippen LogP contribution is -2.42. The summed E-state index contributed by atoms with van der Waals surface area (Å²) in [5.74, 6) is -0.149. The molecular formula is C10H16N2O4S. The molecule has 17 heavy (non-hydrogen) atoms. The molecule has 0 aromatic rings. The Morgan fingerprint density at radius 3 is 2.35 bits per heavy atom. The first-order valence-electron chi connectivity index (χ1n) is 5.65. The molecule has 7 heteroatoms. The Morgan fingerprint density at radius 1 is 1.29 bits per heavy atom. The van der Waals surface area contributed by atoms with Crippen LogP contribution < -0.4 is 0 Å². The number of carbonyl (C=O) groups excluding carboxylic acids is 2. The van der Waals surface area contributed by atoms with Gasteiger partial charge < -0.3 is 4.90 Å². The van der Waals surface area contributed by atoms with Gasteiger partial charge in [-0.1, -0.05) is 0 Å². The smallest absolute Gasteiger partial charge is 0.311 e. The monoisotopic (exact) mass is 260 g/mol. The van der Waals surface area contributed by atoms with Gasteiger partial charge in [0.2, 0.25) is 0 Å². The molecule has 0 aliphatic carbocycles. The third kappa shape index (κ3) is 2.15. The van der Waals surface area contributed by atoms with Crippen LogP contribution in [0.2, 0.25) is 0 Å². The van der Waals surface area contributed by atoms with Crippen molar-refractivity contribution in [2.24, 2.45) is 0 Å². The van der Waals surface area contributed by atoms with Crippen LogP contribution >= 0.6 is 0 Å². The van der Waals surface area contributed by atoms with E-state index in [4.69, 9.17) is 0 Å². The lowest BCUT2D eigenvalue weighted by Gasteiger charge is -2.23. The number of hydrogen-bond donors (Lipinski definition) is 0. The van der Waals surface area contributed by atoms with E-state index in [0.717, 1.165) is 0 Å². The van der Waals surface area contributed by atoms with Gasteiger partial charge in [0, 0.05) is 12.1 Å². The quantitative estimate of drug-likeness (QED) is 0.647. The van der Waals surface area contributed by atoms with Crippen molar-refractivity contribution in [1.82, 2.24) is 9.80 Å². The molecule has 2 aliphatic heterocycles. The second kappa shape index (κ2) is 3.97. The van der Waals surface area contributed by atoms with Gasteiger partial charge in [0.05, 0.1) is 11.5 Å². The summed E-state index contributed by atoms with van der Waals surface area (Å²) in [5, 5.41) is 0. The molecule has 0 aromatic heterocycles. The van der Waals surface area contributed by atoms with Gasteiger partial charge in [-0.15, -0.1) is 0 Å². The Labute approximate surface area is 100 Å². The molecule has 2 heterocycles. The van der Waals surface area contributed by atoms with Gasteiger partial charge >= 0.3 is 6.03 Å². The van der Waals surface area contributed by atoms with Crippen molar-refractivity contribution in [3.63, 3.8) is 0 Å². The molecule has 2 fully saturated rings. The Balaban J connectivity index is 2.15. The second-order valence-corrected chi connectivity index (χ2v) is 7.05. The van der Waals surface area contributed by atoms with Crippen LogP contribution in [0.5, 0.6) is 0 Å². The summed E-state index contributed by atoms with van der Waals surface area (Å²) in [5.41, 5.74) is 0. The summed E-state index contributed by atoms with van der Waals surface area (Å²) in [6, 6.07) is -0.870. The largest absolute Gasteiger partial charge is 0.327 e. The second-order valence-electron chi connectivity index (χ2n) is 4.82. The highest BCUT2D eigenvalue weighted by molar-refractivity contribution is 7.91. The lowest BCUT2D eigenvalue weighted by atomic mass is 10.2. The minimum Gasteiger partial charge on any atom is -0.311 e. The molecule has 2 aliphatic rings. The number of hydrogen-bond acceptors (Lipinski definition) is 4. The molecule has 2 saturated heterocycles. The van der Waals surface area contributed by atoms with Gasteiger partial charge in [-0.25, -0.2) is 13.2 Å². The fourth-order valence-electron chi connectivity index (χ4n) is 2.35. The lowest BCUT2D eigenvalue weighted by molar-refractivity contribution is -0.126. The Hall–Kier alpha value is -1.11. The van der Waals surface area contributed by atoms with Crippen LogP contribution in [0.25, 0.3) is 0 Å². The minimum atomic E-state index is -3.04. The van der Waals surface area contributed by atoms with Crippen molar-refractivity contribution in [1.29, 1.82) is 0 Å². The third-order valence-electron chi connectivity index (χ3n) is 3.19. The molecule has 0 radical (unpaired) electrons. The maximum atomic E-state index is 12.0. The van der Waals surface area contributed by atoms with Crippen LogP contribution in [0.3, 0.4) is 0 Å². The first-order valence-corrected chi connectivity index (χ1v) is 7.47. The molecule has 96 valence electrons. The third-order valence-corrected chi connectivity index (χ3v) is 4.94. The average molecular weight is 260 g/mol. The van der Waals surface area contributed by atoms with E-state index >= 15 is 0 Å². The normalized spacial score (nSPS) is 28.5. The fourth-order valence-corrected chi connectivity index (χ4v) is 4.08. The van der Waals surface area contributed by atoms with E-state index in [1.807, 2.05) is 0 Å². The van der Waals surface area contributed by atoms with Gasteiger partial charge in [-0.2, -0.15) is 0 Å². The molecule has 0 saturated carbocycles. The van der Waals surface area contributed by atoms with Crippen LogP contribution in [0.1, 0.15) is 20.3 Å². The van der Waals surface area contributed by atoms with E-state index in [9.17, 15) is 18.0 Å². The number of carbonyl (C=O) groups is 2. The van der Waals surface area contributed by atoms with Crippen LogP contribution in [0.15, 0.2) is 0 Å². The Kier molecular flexibility index (Phi) is 2.89. The first kappa shape index (κ1) is 12.3.